The Kier molecular flexibility index (Phi) is 74.6. The summed E-state index contributed by atoms with van der Waals surface area (Å²) in [5.41, 5.74) is 3.29. The van der Waals surface area contributed by atoms with Crippen molar-refractivity contribution in [2.45, 2.75) is 264 Å². The Bertz CT molecular complexity index is 4780. The summed E-state index contributed by atoms with van der Waals surface area (Å²) < 4.78 is 165. The van der Waals surface area contributed by atoms with Crippen LogP contribution in [0.25, 0.3) is 0 Å². The van der Waals surface area contributed by atoms with Crippen LogP contribution in [0.15, 0.2) is 228 Å². The third-order valence-corrected chi connectivity index (χ3v) is 48.9. The lowest BCUT2D eigenvalue weighted by molar-refractivity contribution is 0.339. The van der Waals surface area contributed by atoms with Crippen LogP contribution in [0.1, 0.15) is 144 Å². The quantitative estimate of drug-likeness (QED) is 0.0236. The Balaban J connectivity index is 0.000000794. The monoisotopic (exact) mass is 2140 g/mol. The maximum Gasteiger partial charge on any atom is 0.179 e. The molecule has 0 aliphatic carbocycles. The molecule has 0 atom stereocenters. The number of nitrogens with zero attached hydrogens (tertiary/aromatic N) is 4. The molecule has 0 saturated carbocycles. The normalized spacial score (nSPS) is 12.4. The lowest BCUT2D eigenvalue weighted by Gasteiger charge is -2.19. The lowest BCUT2D eigenvalue weighted by atomic mass is 10.1. The first kappa shape index (κ1) is 129. The van der Waals surface area contributed by atoms with Gasteiger partial charge in [0.2, 0.25) is 0 Å². The molecule has 3 N–H and O–H groups in total. The molecule has 0 fully saturated rings. The number of sulfone groups is 7. The van der Waals surface area contributed by atoms with E-state index in [1.54, 1.807) is 133 Å². The molecule has 136 heavy (non-hydrogen) atoms. The van der Waals surface area contributed by atoms with E-state index in [4.69, 9.17) is 0 Å². The van der Waals surface area contributed by atoms with Gasteiger partial charge in [0.05, 0.1) is 57.3 Å². The van der Waals surface area contributed by atoms with Crippen LogP contribution >= 0.6 is 0 Å². The van der Waals surface area contributed by atoms with Crippen molar-refractivity contribution >= 4 is 147 Å². The van der Waals surface area contributed by atoms with Gasteiger partial charge in [-0.2, -0.15) is 0 Å². The molecule has 7 rings (SSSR count). The highest BCUT2D eigenvalue weighted by Crippen LogP contribution is 2.21. The van der Waals surface area contributed by atoms with Crippen LogP contribution < -0.4 is 20.9 Å². The third-order valence-electron chi connectivity index (χ3n) is 23.2. The summed E-state index contributed by atoms with van der Waals surface area (Å²) in [7, 11) is -12.3. The van der Waals surface area contributed by atoms with Crippen molar-refractivity contribution in [3.63, 3.8) is 0 Å². The van der Waals surface area contributed by atoms with E-state index in [9.17, 15) is 58.9 Å². The second kappa shape index (κ2) is 78.6. The number of hydrogen-bond donors (Lipinski definition) is 3. The van der Waals surface area contributed by atoms with E-state index in [0.717, 1.165) is 63.6 Å². The van der Waals surface area contributed by atoms with Crippen LogP contribution in [-0.4, -0.2) is 289 Å². The Labute approximate surface area is 845 Å². The van der Waals surface area contributed by atoms with Gasteiger partial charge in [-0.15, -0.1) is 0 Å². The molecule has 0 aliphatic rings. The standard InChI is InChI=1S/C16H29NO2SSi.2C15H27NO2SSi.3C14H25NO2SSi.C13H23NO2SSi/c1-4-13-21-14-5-11-17(2)12-10-15-6-8-16(9-7-15)20(3,18)19;2*1-3-13-20-14-7-10-16(2)11-12-19(17,18)15-8-5-4-6-9-15;1-4-11-19-12-5-10-15(2)13-6-8-14(9-7-13)18(3,16)17;2*1-2-12-19-13-6-9-15-10-11-18(16,17)14-7-4-3-5-8-14;1-3-10-18-11-4-9-14-12-5-7-13(8-6-12)17(2,15)16/h6-9H,4-5,10-14,21H2,1-3H3;2*4-6,8-9H,3,7,10-14,20H2,1-2H3;6-9H,4-5,10-12,19H2,1-3H3;2*3-5,7-8,15H,2,6,9-13,19H2,1H3;5-8,14H,3-4,9-11,18H2,1-2H3. The van der Waals surface area contributed by atoms with Gasteiger partial charge in [0.25, 0.3) is 0 Å². The summed E-state index contributed by atoms with van der Waals surface area (Å²) in [6, 6.07) is 76.1. The fourth-order valence-electron chi connectivity index (χ4n) is 14.2. The molecule has 0 bridgehead atoms. The van der Waals surface area contributed by atoms with Gasteiger partial charge in [-0.3, -0.25) is 0 Å². The van der Waals surface area contributed by atoms with Crippen LogP contribution in [0.5, 0.6) is 0 Å². The van der Waals surface area contributed by atoms with Crippen molar-refractivity contribution in [2.75, 3.05) is 159 Å². The third kappa shape index (κ3) is 66.8. The van der Waals surface area contributed by atoms with Crippen LogP contribution in [0.3, 0.4) is 0 Å². The minimum atomic E-state index is -3.13. The van der Waals surface area contributed by atoms with Crippen molar-refractivity contribution in [2.24, 2.45) is 0 Å². The highest BCUT2D eigenvalue weighted by molar-refractivity contribution is 7.92. The van der Waals surface area contributed by atoms with E-state index in [0.29, 0.717) is 60.4 Å². The molecular formula is C101H181N7O14S7Si7. The molecule has 7 aromatic carbocycles. The second-order valence-electron chi connectivity index (χ2n) is 35.9. The number of likely N-dealkylation sites (N-methyl/N-ethyl adjacent to an activating group) is 1. The highest BCUT2D eigenvalue weighted by atomic mass is 32.2. The maximum atomic E-state index is 12.1. The van der Waals surface area contributed by atoms with E-state index in [-0.39, 0.29) is 89.6 Å². The molecule has 0 radical (unpaired) electrons. The summed E-state index contributed by atoms with van der Waals surface area (Å²) >= 11 is 0. The number of nitrogens with one attached hydrogen (secondary N) is 3. The van der Waals surface area contributed by atoms with Crippen molar-refractivity contribution in [3.05, 3.63) is 200 Å². The van der Waals surface area contributed by atoms with Crippen LogP contribution in [0.4, 0.5) is 11.4 Å². The lowest BCUT2D eigenvalue weighted by Crippen LogP contribution is -2.26. The van der Waals surface area contributed by atoms with Crippen LogP contribution in [0.2, 0.25) is 84.6 Å². The number of rotatable bonds is 66. The van der Waals surface area contributed by atoms with Crippen molar-refractivity contribution in [3.8, 4) is 0 Å². The number of hydrogen-bond acceptors (Lipinski definition) is 21. The molecule has 7 aromatic rings. The molecule has 0 amide bonds. The fraction of sp³-hybridized carbons (Fsp3) is 0.584. The second-order valence-corrected chi connectivity index (χ2v) is 65.2. The molecule has 35 heteroatoms. The first-order valence-corrected chi connectivity index (χ1v) is 77.1. The summed E-state index contributed by atoms with van der Waals surface area (Å²) in [6.45, 7) is 26.2. The van der Waals surface area contributed by atoms with E-state index >= 15 is 0 Å². The fourth-order valence-corrected chi connectivity index (χ4v) is 31.4. The first-order valence-electron chi connectivity index (χ1n) is 50.8. The molecule has 0 spiro atoms. The molecule has 0 heterocycles. The molecule has 774 valence electrons. The van der Waals surface area contributed by atoms with Crippen LogP contribution in [0, 0.1) is 0 Å². The predicted octanol–water partition coefficient (Wildman–Crippen LogP) is 15.1. The molecule has 21 nitrogen and oxygen atoms in total. The van der Waals surface area contributed by atoms with Gasteiger partial charge in [-0.05, 0) is 220 Å². The van der Waals surface area contributed by atoms with E-state index < -0.39 is 68.9 Å². The molecule has 0 saturated heterocycles. The van der Waals surface area contributed by atoms with Gasteiger partial charge < -0.3 is 35.6 Å². The highest BCUT2D eigenvalue weighted by Gasteiger charge is 2.19. The summed E-state index contributed by atoms with van der Waals surface area (Å²) in [6.07, 6.45) is 22.6. The maximum absolute atomic E-state index is 12.1. The zero-order valence-corrected chi connectivity index (χ0v) is 102. The predicted molar refractivity (Wildman–Crippen MR) is 608 cm³/mol. The van der Waals surface area contributed by atoms with Gasteiger partial charge in [-0.25, -0.2) is 58.9 Å². The van der Waals surface area contributed by atoms with Gasteiger partial charge in [0.15, 0.2) is 68.9 Å². The molecule has 0 unspecified atom stereocenters. The zero-order valence-electron chi connectivity index (χ0n) is 86.1. The van der Waals surface area contributed by atoms with Gasteiger partial charge in [0, 0.05) is 150 Å². The van der Waals surface area contributed by atoms with E-state index in [1.165, 1.54) is 205 Å². The molecular weight excluding hydrogens is 1960 g/mol. The average molecular weight is 2140 g/mol. The largest absolute Gasteiger partial charge is 0.385 e. The summed E-state index contributed by atoms with van der Waals surface area (Å²) in [5, 5.41) is 9.79. The molecule has 0 aliphatic heterocycles. The SMILES string of the molecule is CCC[SiH2]CCCN(C)CCS(=O)(=O)c1ccccc1.CCC[SiH2]CCCN(C)CCS(=O)(=O)c1ccccc1.CCC[SiH2]CCCN(C)CCc1ccc(S(C)(=O)=O)cc1.CCC[SiH2]CCCN(C)c1ccc(S(C)(=O)=O)cc1.CCC[SiH2]CCCNCCS(=O)(=O)c1ccccc1.CCC[SiH2]CCCNCCS(=O)(=O)c1ccccc1.CCC[SiH2]CCCNc1ccc(S(C)(=O)=O)cc1. The zero-order chi connectivity index (χ0) is 101. The Hall–Kier alpha value is -4.89. The van der Waals surface area contributed by atoms with Crippen molar-refractivity contribution in [1.29, 1.82) is 0 Å². The Morgan fingerprint density at radius 2 is 0.493 bits per heavy atom. The molecule has 0 aromatic heterocycles. The van der Waals surface area contributed by atoms with Gasteiger partial charge >= 0.3 is 0 Å². The van der Waals surface area contributed by atoms with E-state index in [2.05, 4.69) is 98.1 Å². The van der Waals surface area contributed by atoms with Crippen molar-refractivity contribution in [1.82, 2.24) is 25.3 Å². The van der Waals surface area contributed by atoms with Gasteiger partial charge in [0.1, 0.15) is 0 Å². The number of benzene rings is 7. The van der Waals surface area contributed by atoms with Gasteiger partial charge in [-0.1, -0.05) is 263 Å². The Morgan fingerprint density at radius 1 is 0.243 bits per heavy atom. The smallest absolute Gasteiger partial charge is 0.179 e. The Morgan fingerprint density at radius 3 is 0.779 bits per heavy atom. The minimum absolute atomic E-state index is 0.140. The number of anilines is 2. The average Bonchev–Trinajstić information content (AvgIpc) is 1.05. The topological polar surface area (TPSA) is 288 Å². The first-order chi connectivity index (χ1) is 64.9. The summed E-state index contributed by atoms with van der Waals surface area (Å²) in [4.78, 5) is 11.7. The summed E-state index contributed by atoms with van der Waals surface area (Å²) in [5.74, 6) is 0.784. The van der Waals surface area contributed by atoms with Crippen molar-refractivity contribution < 1.29 is 58.9 Å². The van der Waals surface area contributed by atoms with E-state index in [1.807, 2.05) is 74.8 Å². The van der Waals surface area contributed by atoms with Crippen LogP contribution in [-0.2, 0) is 75.3 Å². The minimum Gasteiger partial charge on any atom is -0.385 e.